The second-order valence-corrected chi connectivity index (χ2v) is 7.62. The Morgan fingerprint density at radius 2 is 2.12 bits per heavy atom. The summed E-state index contributed by atoms with van der Waals surface area (Å²) in [6.07, 6.45) is 0.578. The van der Waals surface area contributed by atoms with Crippen molar-refractivity contribution in [3.63, 3.8) is 0 Å². The molecule has 0 spiro atoms. The van der Waals surface area contributed by atoms with Crippen molar-refractivity contribution < 1.29 is 9.18 Å². The number of benzene rings is 1. The van der Waals surface area contributed by atoms with E-state index in [4.69, 9.17) is 11.6 Å². The highest BCUT2D eigenvalue weighted by Crippen LogP contribution is 2.23. The Bertz CT molecular complexity index is 737. The highest BCUT2D eigenvalue weighted by molar-refractivity contribution is 7.09. The summed E-state index contributed by atoms with van der Waals surface area (Å²) < 4.78 is 17.4. The quantitative estimate of drug-likeness (QED) is 0.763. The van der Waals surface area contributed by atoms with Gasteiger partial charge in [-0.1, -0.05) is 12.1 Å². The van der Waals surface area contributed by atoms with Gasteiger partial charge in [-0.25, -0.2) is 9.37 Å². The zero-order chi connectivity index (χ0) is 18.0. The fraction of sp³-hybridized carbons (Fsp3) is 0.471. The van der Waals surface area contributed by atoms with Crippen LogP contribution in [-0.4, -0.2) is 51.2 Å². The molecule has 25 heavy (non-hydrogen) atoms. The van der Waals surface area contributed by atoms with E-state index in [-0.39, 0.29) is 17.8 Å². The van der Waals surface area contributed by atoms with Crippen molar-refractivity contribution in [3.8, 4) is 0 Å². The molecule has 1 aromatic heterocycles. The number of nitrogens with zero attached hydrogens (tertiary/aromatic N) is 4. The van der Waals surface area contributed by atoms with E-state index in [1.165, 1.54) is 23.7 Å². The van der Waals surface area contributed by atoms with Gasteiger partial charge in [0.15, 0.2) is 0 Å². The summed E-state index contributed by atoms with van der Waals surface area (Å²) in [5.41, 5.74) is 0.977. The molecule has 0 saturated carbocycles. The van der Waals surface area contributed by atoms with Crippen LogP contribution >= 0.6 is 23.1 Å². The lowest BCUT2D eigenvalue weighted by Gasteiger charge is -2.40. The van der Waals surface area contributed by atoms with Crippen LogP contribution in [-0.2, 0) is 11.2 Å². The molecule has 1 aliphatic rings. The molecule has 2 heterocycles. The number of amides is 1. The Labute approximate surface area is 155 Å². The standard InChI is InChI=1S/C17H20ClFN4OS/c1-11-10-22(7-8-23(11)16(24)12(2)18)17-20-15(21-25-17)9-13-3-5-14(19)6-4-13/h3-6,11-12H,7-10H2,1-2H3/t11-,12+/m0/s1. The molecule has 1 fully saturated rings. The second kappa shape index (κ2) is 7.66. The summed E-state index contributed by atoms with van der Waals surface area (Å²) in [5, 5.41) is 0.354. The maximum atomic E-state index is 13.0. The van der Waals surface area contributed by atoms with E-state index in [9.17, 15) is 9.18 Å². The Morgan fingerprint density at radius 1 is 1.40 bits per heavy atom. The summed E-state index contributed by atoms with van der Waals surface area (Å²) in [6.45, 7) is 5.77. The lowest BCUT2D eigenvalue weighted by molar-refractivity contribution is -0.132. The number of piperazine rings is 1. The number of anilines is 1. The smallest absolute Gasteiger partial charge is 0.240 e. The molecule has 8 heteroatoms. The molecule has 2 atom stereocenters. The lowest BCUT2D eigenvalue weighted by atomic mass is 10.1. The van der Waals surface area contributed by atoms with Gasteiger partial charge in [-0.2, -0.15) is 4.37 Å². The van der Waals surface area contributed by atoms with E-state index in [1.807, 2.05) is 11.8 Å². The van der Waals surface area contributed by atoms with E-state index in [0.717, 1.165) is 16.5 Å². The van der Waals surface area contributed by atoms with Crippen molar-refractivity contribution in [2.24, 2.45) is 0 Å². The first-order valence-corrected chi connectivity index (χ1v) is 9.41. The number of rotatable bonds is 4. The predicted octanol–water partition coefficient (Wildman–Crippen LogP) is 2.93. The third-order valence-electron chi connectivity index (χ3n) is 4.25. The first kappa shape index (κ1) is 18.1. The van der Waals surface area contributed by atoms with Crippen LogP contribution in [0.2, 0.25) is 0 Å². The van der Waals surface area contributed by atoms with Crippen molar-refractivity contribution in [1.82, 2.24) is 14.3 Å². The van der Waals surface area contributed by atoms with Crippen molar-refractivity contribution in [3.05, 3.63) is 41.5 Å². The fourth-order valence-electron chi connectivity index (χ4n) is 2.92. The molecule has 1 saturated heterocycles. The van der Waals surface area contributed by atoms with Gasteiger partial charge in [0.2, 0.25) is 11.0 Å². The number of aromatic nitrogens is 2. The van der Waals surface area contributed by atoms with Crippen LogP contribution in [0.4, 0.5) is 9.52 Å². The molecule has 3 rings (SSSR count). The third kappa shape index (κ3) is 4.27. The molecule has 0 N–H and O–H groups in total. The SMILES string of the molecule is C[C@@H](Cl)C(=O)N1CCN(c2nc(Cc3ccc(F)cc3)ns2)C[C@@H]1C. The van der Waals surface area contributed by atoms with Gasteiger partial charge in [0.1, 0.15) is 17.0 Å². The van der Waals surface area contributed by atoms with Gasteiger partial charge in [-0.3, -0.25) is 4.79 Å². The first-order chi connectivity index (χ1) is 11.9. The van der Waals surface area contributed by atoms with Gasteiger partial charge in [0, 0.05) is 43.6 Å². The maximum absolute atomic E-state index is 13.0. The molecule has 1 aromatic carbocycles. The minimum Gasteiger partial charge on any atom is -0.343 e. The van der Waals surface area contributed by atoms with Gasteiger partial charge in [0.25, 0.3) is 0 Å². The summed E-state index contributed by atoms with van der Waals surface area (Å²) in [6, 6.07) is 6.45. The van der Waals surface area contributed by atoms with Gasteiger partial charge < -0.3 is 9.80 Å². The molecule has 1 aliphatic heterocycles. The molecule has 5 nitrogen and oxygen atoms in total. The van der Waals surface area contributed by atoms with E-state index >= 15 is 0 Å². The van der Waals surface area contributed by atoms with Gasteiger partial charge in [-0.15, -0.1) is 11.6 Å². The van der Waals surface area contributed by atoms with Crippen LogP contribution in [0.1, 0.15) is 25.2 Å². The topological polar surface area (TPSA) is 49.3 Å². The largest absolute Gasteiger partial charge is 0.343 e. The van der Waals surface area contributed by atoms with Gasteiger partial charge >= 0.3 is 0 Å². The van der Waals surface area contributed by atoms with Crippen molar-refractivity contribution in [2.75, 3.05) is 24.5 Å². The fourth-order valence-corrected chi connectivity index (χ4v) is 3.76. The highest BCUT2D eigenvalue weighted by Gasteiger charge is 2.30. The van der Waals surface area contributed by atoms with Crippen LogP contribution in [0.15, 0.2) is 24.3 Å². The molecular formula is C17H20ClFN4OS. The monoisotopic (exact) mass is 382 g/mol. The number of carbonyl (C=O) groups is 1. The molecule has 1 amide bonds. The predicted molar refractivity (Wildman–Crippen MR) is 97.8 cm³/mol. The lowest BCUT2D eigenvalue weighted by Crippen LogP contribution is -2.55. The molecule has 0 bridgehead atoms. The number of hydrogen-bond donors (Lipinski definition) is 0. The molecule has 0 radical (unpaired) electrons. The van der Waals surface area contributed by atoms with Crippen LogP contribution in [0.3, 0.4) is 0 Å². The van der Waals surface area contributed by atoms with E-state index in [0.29, 0.717) is 26.1 Å². The number of halogens is 2. The summed E-state index contributed by atoms with van der Waals surface area (Å²) in [5.74, 6) is 0.457. The van der Waals surface area contributed by atoms with Crippen LogP contribution in [0.25, 0.3) is 0 Å². The Kier molecular flexibility index (Phi) is 5.54. The van der Waals surface area contributed by atoms with Crippen LogP contribution in [0.5, 0.6) is 0 Å². The molecule has 2 aromatic rings. The van der Waals surface area contributed by atoms with Gasteiger partial charge in [0.05, 0.1) is 0 Å². The molecule has 0 unspecified atom stereocenters. The molecule has 0 aliphatic carbocycles. The van der Waals surface area contributed by atoms with Crippen LogP contribution in [0, 0.1) is 5.82 Å². The van der Waals surface area contributed by atoms with Crippen molar-refractivity contribution >= 4 is 34.2 Å². The molecule has 134 valence electrons. The highest BCUT2D eigenvalue weighted by atomic mass is 35.5. The zero-order valence-corrected chi connectivity index (χ0v) is 15.7. The number of hydrogen-bond acceptors (Lipinski definition) is 5. The van der Waals surface area contributed by atoms with E-state index in [1.54, 1.807) is 19.1 Å². The normalized spacial score (nSPS) is 19.1. The second-order valence-electron chi connectivity index (χ2n) is 6.24. The molecular weight excluding hydrogens is 363 g/mol. The Balaban J connectivity index is 1.63. The minimum absolute atomic E-state index is 0.0249. The Hall–Kier alpha value is -1.73. The average molecular weight is 383 g/mol. The third-order valence-corrected chi connectivity index (χ3v) is 5.26. The summed E-state index contributed by atoms with van der Waals surface area (Å²) in [7, 11) is 0. The zero-order valence-electron chi connectivity index (χ0n) is 14.2. The first-order valence-electron chi connectivity index (χ1n) is 8.20. The minimum atomic E-state index is -0.502. The van der Waals surface area contributed by atoms with E-state index < -0.39 is 5.38 Å². The van der Waals surface area contributed by atoms with Gasteiger partial charge in [-0.05, 0) is 31.5 Å². The number of carbonyl (C=O) groups excluding carboxylic acids is 1. The maximum Gasteiger partial charge on any atom is 0.240 e. The number of alkyl halides is 1. The Morgan fingerprint density at radius 3 is 2.76 bits per heavy atom. The van der Waals surface area contributed by atoms with Crippen LogP contribution < -0.4 is 4.90 Å². The van der Waals surface area contributed by atoms with Crippen molar-refractivity contribution in [1.29, 1.82) is 0 Å². The summed E-state index contributed by atoms with van der Waals surface area (Å²) >= 11 is 7.28. The van der Waals surface area contributed by atoms with Crippen molar-refractivity contribution in [2.45, 2.75) is 31.7 Å². The summed E-state index contributed by atoms with van der Waals surface area (Å²) in [4.78, 5) is 20.7. The average Bonchev–Trinajstić information content (AvgIpc) is 3.04. The van der Waals surface area contributed by atoms with E-state index in [2.05, 4.69) is 14.3 Å².